The van der Waals surface area contributed by atoms with Crippen LogP contribution >= 0.6 is 0 Å². The minimum Gasteiger partial charge on any atom is -0.478 e. The van der Waals surface area contributed by atoms with Crippen molar-refractivity contribution < 1.29 is 18.3 Å². The van der Waals surface area contributed by atoms with Gasteiger partial charge in [0.15, 0.2) is 9.84 Å². The molecule has 1 unspecified atom stereocenters. The Morgan fingerprint density at radius 3 is 2.33 bits per heavy atom. The molecule has 1 aromatic carbocycles. The predicted octanol–water partition coefficient (Wildman–Crippen LogP) is 1.49. The van der Waals surface area contributed by atoms with Crippen molar-refractivity contribution in [1.29, 1.82) is 0 Å². The third-order valence-electron chi connectivity index (χ3n) is 2.27. The number of rotatable bonds is 3. The van der Waals surface area contributed by atoms with Crippen LogP contribution in [0.3, 0.4) is 0 Å². The van der Waals surface area contributed by atoms with Gasteiger partial charge in [-0.15, -0.1) is 0 Å². The fourth-order valence-electron chi connectivity index (χ4n) is 1.28. The normalized spacial score (nSPS) is 13.5. The van der Waals surface area contributed by atoms with Crippen LogP contribution in [0.25, 0.3) is 0 Å². The van der Waals surface area contributed by atoms with Gasteiger partial charge >= 0.3 is 5.97 Å². The van der Waals surface area contributed by atoms with E-state index in [9.17, 15) is 13.2 Å². The molecular weight excluding hydrogens is 216 g/mol. The Kier molecular flexibility index (Phi) is 3.14. The Labute approximate surface area is 88.5 Å². The smallest absolute Gasteiger partial charge is 0.336 e. The van der Waals surface area contributed by atoms with Crippen molar-refractivity contribution >= 4 is 15.8 Å². The lowest BCUT2D eigenvalue weighted by molar-refractivity contribution is 0.0695. The number of hydrogen-bond acceptors (Lipinski definition) is 3. The summed E-state index contributed by atoms with van der Waals surface area (Å²) in [6.45, 7) is 1.48. The summed E-state index contributed by atoms with van der Waals surface area (Å²) in [4.78, 5) is 10.9. The standard InChI is InChI=1S/C10H12O4S/c1-7(15(2,13)14)8-5-3-4-6-9(8)10(11)12/h3-7H,1-2H3,(H,11,12). The van der Waals surface area contributed by atoms with Crippen LogP contribution in [0.15, 0.2) is 24.3 Å². The maximum atomic E-state index is 11.3. The van der Waals surface area contributed by atoms with Gasteiger partial charge in [-0.1, -0.05) is 18.2 Å². The number of carboxylic acid groups (broad SMARTS) is 1. The zero-order valence-electron chi connectivity index (χ0n) is 8.47. The van der Waals surface area contributed by atoms with E-state index in [2.05, 4.69) is 0 Å². The highest BCUT2D eigenvalue weighted by molar-refractivity contribution is 7.90. The van der Waals surface area contributed by atoms with Gasteiger partial charge in [0.1, 0.15) is 0 Å². The highest BCUT2D eigenvalue weighted by Gasteiger charge is 2.22. The van der Waals surface area contributed by atoms with E-state index in [0.717, 1.165) is 6.26 Å². The number of aromatic carboxylic acids is 1. The summed E-state index contributed by atoms with van der Waals surface area (Å²) in [7, 11) is -3.28. The Balaban J connectivity index is 3.32. The summed E-state index contributed by atoms with van der Waals surface area (Å²) in [6, 6.07) is 6.12. The molecule has 0 aliphatic carbocycles. The average Bonchev–Trinajstić information content (AvgIpc) is 2.15. The van der Waals surface area contributed by atoms with E-state index in [0.29, 0.717) is 5.56 Å². The number of carboxylic acids is 1. The average molecular weight is 228 g/mol. The van der Waals surface area contributed by atoms with Crippen LogP contribution in [0.5, 0.6) is 0 Å². The van der Waals surface area contributed by atoms with Gasteiger partial charge in [-0.2, -0.15) is 0 Å². The highest BCUT2D eigenvalue weighted by atomic mass is 32.2. The molecule has 1 aromatic rings. The van der Waals surface area contributed by atoms with Crippen molar-refractivity contribution in [1.82, 2.24) is 0 Å². The molecule has 15 heavy (non-hydrogen) atoms. The van der Waals surface area contributed by atoms with Gasteiger partial charge < -0.3 is 5.11 Å². The molecule has 0 spiro atoms. The molecule has 0 aromatic heterocycles. The SMILES string of the molecule is CC(c1ccccc1C(=O)O)S(C)(=O)=O. The molecule has 0 aliphatic rings. The molecule has 0 saturated heterocycles. The van der Waals surface area contributed by atoms with Crippen molar-refractivity contribution in [3.8, 4) is 0 Å². The van der Waals surface area contributed by atoms with Crippen LogP contribution in [-0.4, -0.2) is 25.7 Å². The third-order valence-corrected chi connectivity index (χ3v) is 3.81. The summed E-state index contributed by atoms with van der Waals surface area (Å²) in [6.07, 6.45) is 1.09. The zero-order valence-corrected chi connectivity index (χ0v) is 9.28. The van der Waals surface area contributed by atoms with E-state index >= 15 is 0 Å². The molecule has 0 saturated carbocycles. The quantitative estimate of drug-likeness (QED) is 0.850. The first-order chi connectivity index (χ1) is 6.84. The Bertz CT molecular complexity index is 476. The lowest BCUT2D eigenvalue weighted by Crippen LogP contribution is -2.12. The second kappa shape index (κ2) is 4.02. The largest absolute Gasteiger partial charge is 0.478 e. The molecule has 0 fully saturated rings. The molecule has 82 valence electrons. The molecule has 0 aliphatic heterocycles. The van der Waals surface area contributed by atoms with Crippen molar-refractivity contribution in [3.05, 3.63) is 35.4 Å². The van der Waals surface area contributed by atoms with Gasteiger partial charge in [-0.25, -0.2) is 13.2 Å². The van der Waals surface area contributed by atoms with E-state index in [4.69, 9.17) is 5.11 Å². The van der Waals surface area contributed by atoms with Crippen LogP contribution in [-0.2, 0) is 9.84 Å². The molecule has 4 nitrogen and oxygen atoms in total. The predicted molar refractivity (Wildman–Crippen MR) is 56.7 cm³/mol. The number of sulfone groups is 1. The molecule has 5 heteroatoms. The second-order valence-corrected chi connectivity index (χ2v) is 5.73. The molecule has 1 atom stereocenters. The molecule has 0 bridgehead atoms. The van der Waals surface area contributed by atoms with Crippen LogP contribution < -0.4 is 0 Å². The zero-order chi connectivity index (χ0) is 11.6. The summed E-state index contributed by atoms with van der Waals surface area (Å²) in [5.74, 6) is -1.11. The molecular formula is C10H12O4S. The van der Waals surface area contributed by atoms with Crippen molar-refractivity contribution in [2.75, 3.05) is 6.26 Å². The van der Waals surface area contributed by atoms with E-state index < -0.39 is 21.1 Å². The summed E-state index contributed by atoms with van der Waals surface area (Å²) in [5.41, 5.74) is 0.364. The van der Waals surface area contributed by atoms with Crippen molar-refractivity contribution in [2.45, 2.75) is 12.2 Å². The van der Waals surface area contributed by atoms with E-state index in [-0.39, 0.29) is 5.56 Å². The van der Waals surface area contributed by atoms with Gasteiger partial charge in [0.2, 0.25) is 0 Å². The minimum absolute atomic E-state index is 0.0374. The van der Waals surface area contributed by atoms with Crippen LogP contribution in [0.2, 0.25) is 0 Å². The minimum atomic E-state index is -3.28. The van der Waals surface area contributed by atoms with Gasteiger partial charge in [0, 0.05) is 6.26 Å². The maximum absolute atomic E-state index is 11.3. The monoisotopic (exact) mass is 228 g/mol. The summed E-state index contributed by atoms with van der Waals surface area (Å²) in [5, 5.41) is 8.08. The van der Waals surface area contributed by atoms with Gasteiger partial charge in [-0.05, 0) is 18.6 Å². The molecule has 0 radical (unpaired) electrons. The number of hydrogen-bond donors (Lipinski definition) is 1. The number of benzene rings is 1. The Hall–Kier alpha value is -1.36. The Morgan fingerprint density at radius 1 is 1.33 bits per heavy atom. The number of carbonyl (C=O) groups is 1. The topological polar surface area (TPSA) is 71.4 Å². The lowest BCUT2D eigenvalue weighted by Gasteiger charge is -2.12. The Morgan fingerprint density at radius 2 is 1.87 bits per heavy atom. The van der Waals surface area contributed by atoms with E-state index in [1.807, 2.05) is 0 Å². The summed E-state index contributed by atoms with van der Waals surface area (Å²) < 4.78 is 22.6. The van der Waals surface area contributed by atoms with Gasteiger partial charge in [0.25, 0.3) is 0 Å². The van der Waals surface area contributed by atoms with Crippen molar-refractivity contribution in [3.63, 3.8) is 0 Å². The highest BCUT2D eigenvalue weighted by Crippen LogP contribution is 2.24. The maximum Gasteiger partial charge on any atom is 0.336 e. The van der Waals surface area contributed by atoms with Crippen LogP contribution in [0.1, 0.15) is 28.1 Å². The summed E-state index contributed by atoms with van der Waals surface area (Å²) >= 11 is 0. The second-order valence-electron chi connectivity index (χ2n) is 3.36. The lowest BCUT2D eigenvalue weighted by atomic mass is 10.1. The molecule has 1 N–H and O–H groups in total. The van der Waals surface area contributed by atoms with E-state index in [1.54, 1.807) is 12.1 Å². The fraction of sp³-hybridized carbons (Fsp3) is 0.300. The van der Waals surface area contributed by atoms with Crippen LogP contribution in [0, 0.1) is 0 Å². The first kappa shape index (κ1) is 11.7. The van der Waals surface area contributed by atoms with Crippen molar-refractivity contribution in [2.24, 2.45) is 0 Å². The fourth-order valence-corrected chi connectivity index (χ4v) is 1.94. The van der Waals surface area contributed by atoms with Gasteiger partial charge in [-0.3, -0.25) is 0 Å². The molecule has 0 heterocycles. The van der Waals surface area contributed by atoms with E-state index in [1.165, 1.54) is 19.1 Å². The molecule has 1 rings (SSSR count). The molecule has 0 amide bonds. The first-order valence-electron chi connectivity index (χ1n) is 4.35. The third kappa shape index (κ3) is 2.56. The van der Waals surface area contributed by atoms with Crippen LogP contribution in [0.4, 0.5) is 0 Å². The van der Waals surface area contributed by atoms with Gasteiger partial charge in [0.05, 0.1) is 10.8 Å². The first-order valence-corrected chi connectivity index (χ1v) is 6.30.